The second-order valence-corrected chi connectivity index (χ2v) is 5.87. The average Bonchev–Trinajstić information content (AvgIpc) is 2.87. The van der Waals surface area contributed by atoms with Crippen molar-refractivity contribution in [3.8, 4) is 5.69 Å². The fourth-order valence-electron chi connectivity index (χ4n) is 1.58. The molecule has 8 heteroatoms. The maximum atomic E-state index is 11.1. The molecule has 19 heavy (non-hydrogen) atoms. The van der Waals surface area contributed by atoms with E-state index < -0.39 is 4.92 Å². The summed E-state index contributed by atoms with van der Waals surface area (Å²) in [5.41, 5.74) is 1.12. The highest BCUT2D eigenvalue weighted by molar-refractivity contribution is 9.10. The van der Waals surface area contributed by atoms with Crippen LogP contribution in [0.5, 0.6) is 0 Å². The summed E-state index contributed by atoms with van der Waals surface area (Å²) in [4.78, 5) is 10.7. The normalized spacial score (nSPS) is 12.4. The van der Waals surface area contributed by atoms with Crippen molar-refractivity contribution in [1.82, 2.24) is 15.0 Å². The van der Waals surface area contributed by atoms with E-state index in [-0.39, 0.29) is 10.5 Å². The molecule has 1 aromatic heterocycles. The van der Waals surface area contributed by atoms with E-state index in [9.17, 15) is 10.1 Å². The van der Waals surface area contributed by atoms with Crippen LogP contribution in [0.25, 0.3) is 5.69 Å². The van der Waals surface area contributed by atoms with Crippen LogP contribution in [0.4, 0.5) is 5.69 Å². The minimum Gasteiger partial charge on any atom is -0.258 e. The molecule has 0 radical (unpaired) electrons. The zero-order valence-corrected chi connectivity index (χ0v) is 13.1. The number of hydrogen-bond donors (Lipinski definition) is 0. The molecule has 100 valence electrons. The Bertz CT molecular complexity index is 614. The van der Waals surface area contributed by atoms with Gasteiger partial charge in [-0.3, -0.25) is 10.1 Å². The first kappa shape index (κ1) is 14.1. The lowest BCUT2D eigenvalue weighted by Gasteiger charge is -2.02. The predicted molar refractivity (Wildman–Crippen MR) is 77.7 cm³/mol. The van der Waals surface area contributed by atoms with Crippen LogP contribution in [-0.2, 0) is 0 Å². The topological polar surface area (TPSA) is 73.8 Å². The molecule has 1 aromatic carbocycles. The standard InChI is InChI=1S/C11H10Br2N4O2/c1-2-8(13)9-6-16(15-14-9)10-4-3-7(12)5-11(10)17(18)19/h3-6,8H,2H2,1H3. The van der Waals surface area contributed by atoms with E-state index in [1.165, 1.54) is 10.7 Å². The molecule has 1 atom stereocenters. The van der Waals surface area contributed by atoms with Crippen molar-refractivity contribution >= 4 is 37.5 Å². The van der Waals surface area contributed by atoms with Crippen molar-refractivity contribution in [3.05, 3.63) is 44.7 Å². The Morgan fingerprint density at radius 3 is 2.89 bits per heavy atom. The zero-order valence-electron chi connectivity index (χ0n) is 9.96. The fourth-order valence-corrected chi connectivity index (χ4v) is 2.14. The second-order valence-electron chi connectivity index (χ2n) is 3.85. The van der Waals surface area contributed by atoms with E-state index in [1.807, 2.05) is 6.92 Å². The summed E-state index contributed by atoms with van der Waals surface area (Å²) in [5, 5.41) is 19.0. The van der Waals surface area contributed by atoms with Crippen LogP contribution in [0.1, 0.15) is 23.9 Å². The van der Waals surface area contributed by atoms with E-state index >= 15 is 0 Å². The van der Waals surface area contributed by atoms with Crippen LogP contribution in [0, 0.1) is 10.1 Å². The molecule has 2 rings (SSSR count). The Morgan fingerprint density at radius 2 is 2.26 bits per heavy atom. The molecular formula is C11H10Br2N4O2. The van der Waals surface area contributed by atoms with Crippen LogP contribution < -0.4 is 0 Å². The maximum absolute atomic E-state index is 11.1. The van der Waals surface area contributed by atoms with E-state index in [4.69, 9.17) is 0 Å². The molecule has 0 aliphatic heterocycles. The molecule has 1 heterocycles. The van der Waals surface area contributed by atoms with Gasteiger partial charge in [-0.2, -0.15) is 0 Å². The summed E-state index contributed by atoms with van der Waals surface area (Å²) in [5.74, 6) is 0. The highest BCUT2D eigenvalue weighted by Gasteiger charge is 2.18. The Labute approximate surface area is 126 Å². The minimum absolute atomic E-state index is 0.0200. The first-order valence-corrected chi connectivity index (χ1v) is 7.24. The molecule has 0 fully saturated rings. The summed E-state index contributed by atoms with van der Waals surface area (Å²) < 4.78 is 2.07. The van der Waals surface area contributed by atoms with Crippen LogP contribution in [0.15, 0.2) is 28.9 Å². The molecule has 0 amide bonds. The first-order chi connectivity index (χ1) is 9.02. The van der Waals surface area contributed by atoms with E-state index in [1.54, 1.807) is 18.3 Å². The van der Waals surface area contributed by atoms with Gasteiger partial charge < -0.3 is 0 Å². The summed E-state index contributed by atoms with van der Waals surface area (Å²) >= 11 is 6.69. The van der Waals surface area contributed by atoms with Crippen molar-refractivity contribution in [1.29, 1.82) is 0 Å². The fraction of sp³-hybridized carbons (Fsp3) is 0.273. The third kappa shape index (κ3) is 3.01. The Kier molecular flexibility index (Phi) is 4.31. The molecule has 0 aliphatic rings. The van der Waals surface area contributed by atoms with Gasteiger partial charge in [-0.05, 0) is 18.6 Å². The molecular weight excluding hydrogens is 380 g/mol. The minimum atomic E-state index is -0.438. The average molecular weight is 390 g/mol. The second kappa shape index (κ2) is 5.79. The lowest BCUT2D eigenvalue weighted by atomic mass is 10.2. The van der Waals surface area contributed by atoms with Gasteiger partial charge in [0, 0.05) is 10.5 Å². The Morgan fingerprint density at radius 1 is 1.53 bits per heavy atom. The molecule has 6 nitrogen and oxygen atoms in total. The number of rotatable bonds is 4. The maximum Gasteiger partial charge on any atom is 0.296 e. The van der Waals surface area contributed by atoms with Gasteiger partial charge in [0.05, 0.1) is 21.6 Å². The van der Waals surface area contributed by atoms with Crippen molar-refractivity contribution in [2.24, 2.45) is 0 Å². The van der Waals surface area contributed by atoms with Gasteiger partial charge in [0.1, 0.15) is 5.69 Å². The van der Waals surface area contributed by atoms with Crippen LogP contribution in [0.2, 0.25) is 0 Å². The number of halogens is 2. The van der Waals surface area contributed by atoms with E-state index in [2.05, 4.69) is 42.2 Å². The van der Waals surface area contributed by atoms with Crippen molar-refractivity contribution < 1.29 is 4.92 Å². The number of aromatic nitrogens is 3. The van der Waals surface area contributed by atoms with Gasteiger partial charge in [0.25, 0.3) is 5.69 Å². The SMILES string of the molecule is CCC(Br)c1cn(-c2ccc(Br)cc2[N+](=O)[O-])nn1. The summed E-state index contributed by atoms with van der Waals surface area (Å²) in [6, 6.07) is 4.81. The molecule has 0 aliphatic carbocycles. The number of nitro groups is 1. The molecule has 2 aromatic rings. The molecule has 0 spiro atoms. The summed E-state index contributed by atoms with van der Waals surface area (Å²) in [7, 11) is 0. The number of hydrogen-bond acceptors (Lipinski definition) is 4. The lowest BCUT2D eigenvalue weighted by Crippen LogP contribution is -2.00. The lowest BCUT2D eigenvalue weighted by molar-refractivity contribution is -0.384. The zero-order chi connectivity index (χ0) is 14.0. The molecule has 0 N–H and O–H groups in total. The van der Waals surface area contributed by atoms with Crippen molar-refractivity contribution in [2.75, 3.05) is 0 Å². The summed E-state index contributed by atoms with van der Waals surface area (Å²) in [6.45, 7) is 2.01. The predicted octanol–water partition coefficient (Wildman–Crippen LogP) is 3.78. The molecule has 0 saturated carbocycles. The van der Waals surface area contributed by atoms with Gasteiger partial charge in [0.2, 0.25) is 0 Å². The number of alkyl halides is 1. The Hall–Kier alpha value is -1.28. The van der Waals surface area contributed by atoms with Crippen LogP contribution in [0.3, 0.4) is 0 Å². The highest BCUT2D eigenvalue weighted by Crippen LogP contribution is 2.28. The smallest absolute Gasteiger partial charge is 0.258 e. The van der Waals surface area contributed by atoms with Gasteiger partial charge in [0.15, 0.2) is 0 Å². The van der Waals surface area contributed by atoms with Crippen LogP contribution >= 0.6 is 31.9 Å². The highest BCUT2D eigenvalue weighted by atomic mass is 79.9. The number of nitrogens with zero attached hydrogens (tertiary/aromatic N) is 4. The van der Waals surface area contributed by atoms with Gasteiger partial charge >= 0.3 is 0 Å². The molecule has 0 bridgehead atoms. The summed E-state index contributed by atoms with van der Waals surface area (Å²) in [6.07, 6.45) is 2.56. The Balaban J connectivity index is 2.47. The van der Waals surface area contributed by atoms with E-state index in [0.717, 1.165) is 12.1 Å². The monoisotopic (exact) mass is 388 g/mol. The van der Waals surface area contributed by atoms with Crippen LogP contribution in [-0.4, -0.2) is 19.9 Å². The van der Waals surface area contributed by atoms with Gasteiger partial charge in [-0.15, -0.1) is 5.10 Å². The third-order valence-corrected chi connectivity index (χ3v) is 4.18. The largest absolute Gasteiger partial charge is 0.296 e. The van der Waals surface area contributed by atoms with Crippen molar-refractivity contribution in [3.63, 3.8) is 0 Å². The molecule has 1 unspecified atom stereocenters. The quantitative estimate of drug-likeness (QED) is 0.453. The molecule has 0 saturated heterocycles. The van der Waals surface area contributed by atoms with E-state index in [0.29, 0.717) is 10.2 Å². The van der Waals surface area contributed by atoms with Crippen molar-refractivity contribution in [2.45, 2.75) is 18.2 Å². The van der Waals surface area contributed by atoms with Gasteiger partial charge in [-0.25, -0.2) is 4.68 Å². The number of nitro benzene ring substituents is 1. The third-order valence-electron chi connectivity index (χ3n) is 2.57. The first-order valence-electron chi connectivity index (χ1n) is 5.53. The van der Waals surface area contributed by atoms with Gasteiger partial charge in [-0.1, -0.05) is 44.0 Å². The number of benzene rings is 1.